The minimum atomic E-state index is -4.37. The van der Waals surface area contributed by atoms with Crippen LogP contribution in [0, 0.1) is 20.8 Å². The minimum absolute atomic E-state index is 0.429. The van der Waals surface area contributed by atoms with E-state index in [-0.39, 0.29) is 0 Å². The van der Waals surface area contributed by atoms with Gasteiger partial charge in [-0.25, -0.2) is 9.97 Å². The predicted octanol–water partition coefficient (Wildman–Crippen LogP) is 3.83. The topological polar surface area (TPSA) is 30.2 Å². The van der Waals surface area contributed by atoms with Gasteiger partial charge in [0, 0.05) is 0 Å². The Labute approximate surface area is 113 Å². The van der Waals surface area contributed by atoms with Gasteiger partial charge in [-0.05, 0) is 38.5 Å². The molecule has 0 amide bonds. The Hall–Kier alpha value is -2.11. The van der Waals surface area contributed by atoms with E-state index in [1.165, 1.54) is 0 Å². The van der Waals surface area contributed by atoms with Crippen molar-refractivity contribution in [2.24, 2.45) is 0 Å². The van der Waals surface area contributed by atoms with E-state index in [4.69, 9.17) is 0 Å². The molecular weight excluding hydrogens is 267 g/mol. The molecule has 0 bridgehead atoms. The Morgan fingerprint density at radius 2 is 1.75 bits per heavy atom. The van der Waals surface area contributed by atoms with Gasteiger partial charge in [0.1, 0.15) is 6.33 Å². The molecule has 0 saturated carbocycles. The molecule has 104 valence electrons. The number of hydrogen-bond acceptors (Lipinski definition) is 2. The van der Waals surface area contributed by atoms with Gasteiger partial charge in [0.15, 0.2) is 0 Å². The molecule has 2 heterocycles. The third-order valence-electron chi connectivity index (χ3n) is 3.44. The summed E-state index contributed by atoms with van der Waals surface area (Å²) in [4.78, 5) is 8.60. The smallest absolute Gasteiger partial charge is 0.295 e. The number of benzene rings is 1. The molecule has 1 aromatic carbocycles. The number of imidazole rings is 1. The number of aromatic nitrogens is 3. The molecule has 20 heavy (non-hydrogen) atoms. The summed E-state index contributed by atoms with van der Waals surface area (Å²) in [6, 6.07) is 2.26. The van der Waals surface area contributed by atoms with E-state index in [0.717, 1.165) is 29.0 Å². The normalized spacial score (nSPS) is 12.5. The Bertz CT molecular complexity index is 831. The lowest BCUT2D eigenvalue weighted by atomic mass is 10.1. The zero-order chi connectivity index (χ0) is 14.7. The first-order valence-corrected chi connectivity index (χ1v) is 6.11. The molecule has 0 aliphatic heterocycles. The summed E-state index contributed by atoms with van der Waals surface area (Å²) in [6.07, 6.45) is -2.83. The number of fused-ring (bicyclic) bond motifs is 3. The van der Waals surface area contributed by atoms with Crippen LogP contribution in [0.5, 0.6) is 0 Å². The molecule has 3 nitrogen and oxygen atoms in total. The van der Waals surface area contributed by atoms with Gasteiger partial charge in [-0.2, -0.15) is 13.2 Å². The van der Waals surface area contributed by atoms with Crippen LogP contribution in [0.3, 0.4) is 0 Å². The average molecular weight is 279 g/mol. The van der Waals surface area contributed by atoms with Crippen LogP contribution in [0.1, 0.15) is 22.5 Å². The highest BCUT2D eigenvalue weighted by molar-refractivity contribution is 5.83. The zero-order valence-corrected chi connectivity index (χ0v) is 11.2. The van der Waals surface area contributed by atoms with Gasteiger partial charge in [-0.3, -0.25) is 4.40 Å². The Balaban J connectivity index is 2.51. The van der Waals surface area contributed by atoms with Crippen LogP contribution in [0.4, 0.5) is 13.2 Å². The summed E-state index contributed by atoms with van der Waals surface area (Å²) < 4.78 is 40.5. The monoisotopic (exact) mass is 279 g/mol. The molecule has 3 aromatic rings. The molecule has 0 atom stereocenters. The fraction of sp³-hybridized carbons (Fsp3) is 0.286. The highest BCUT2D eigenvalue weighted by Gasteiger charge is 2.31. The average Bonchev–Trinajstić information content (AvgIpc) is 2.72. The zero-order valence-electron chi connectivity index (χ0n) is 11.2. The van der Waals surface area contributed by atoms with Crippen molar-refractivity contribution in [3.05, 3.63) is 41.0 Å². The van der Waals surface area contributed by atoms with Crippen molar-refractivity contribution in [1.29, 1.82) is 0 Å². The van der Waals surface area contributed by atoms with Crippen molar-refractivity contribution in [3.8, 4) is 0 Å². The SMILES string of the molecule is Cc1cc(C(F)(F)F)cc2c1nc(C)c1c(C)ncn12. The molecule has 2 aromatic heterocycles. The van der Waals surface area contributed by atoms with Gasteiger partial charge >= 0.3 is 6.18 Å². The van der Waals surface area contributed by atoms with Gasteiger partial charge in [0.25, 0.3) is 0 Å². The number of aryl methyl sites for hydroxylation is 3. The van der Waals surface area contributed by atoms with Crippen LogP contribution < -0.4 is 0 Å². The first kappa shape index (κ1) is 12.9. The van der Waals surface area contributed by atoms with Crippen LogP contribution >= 0.6 is 0 Å². The third kappa shape index (κ3) is 1.75. The van der Waals surface area contributed by atoms with Crippen molar-refractivity contribution in [1.82, 2.24) is 14.4 Å². The van der Waals surface area contributed by atoms with Crippen LogP contribution in [0.25, 0.3) is 16.6 Å². The molecule has 6 heteroatoms. The summed E-state index contributed by atoms with van der Waals surface area (Å²) in [5, 5.41) is 0. The number of nitrogens with zero attached hydrogens (tertiary/aromatic N) is 3. The first-order chi connectivity index (χ1) is 9.29. The van der Waals surface area contributed by atoms with E-state index in [9.17, 15) is 13.2 Å². The van der Waals surface area contributed by atoms with Crippen molar-refractivity contribution in [2.45, 2.75) is 26.9 Å². The third-order valence-corrected chi connectivity index (χ3v) is 3.44. The second-order valence-corrected chi connectivity index (χ2v) is 4.90. The quantitative estimate of drug-likeness (QED) is 0.626. The second-order valence-electron chi connectivity index (χ2n) is 4.90. The molecule has 0 N–H and O–H groups in total. The van der Waals surface area contributed by atoms with Gasteiger partial charge in [-0.15, -0.1) is 0 Å². The molecule has 3 rings (SSSR count). The minimum Gasteiger partial charge on any atom is -0.295 e. The van der Waals surface area contributed by atoms with E-state index >= 15 is 0 Å². The lowest BCUT2D eigenvalue weighted by Gasteiger charge is -2.12. The highest BCUT2D eigenvalue weighted by Crippen LogP contribution is 2.33. The number of alkyl halides is 3. The molecule has 0 aliphatic rings. The number of hydrogen-bond donors (Lipinski definition) is 0. The number of halogens is 3. The molecule has 0 radical (unpaired) electrons. The molecular formula is C14H12F3N3. The maximum Gasteiger partial charge on any atom is 0.416 e. The van der Waals surface area contributed by atoms with Crippen LogP contribution in [0.2, 0.25) is 0 Å². The summed E-state index contributed by atoms with van der Waals surface area (Å²) in [7, 11) is 0. The lowest BCUT2D eigenvalue weighted by Crippen LogP contribution is -2.07. The van der Waals surface area contributed by atoms with Crippen molar-refractivity contribution in [2.75, 3.05) is 0 Å². The molecule has 0 aliphatic carbocycles. The van der Waals surface area contributed by atoms with Crippen molar-refractivity contribution in [3.63, 3.8) is 0 Å². The fourth-order valence-electron chi connectivity index (χ4n) is 2.53. The molecule has 0 saturated heterocycles. The lowest BCUT2D eigenvalue weighted by molar-refractivity contribution is -0.137. The van der Waals surface area contributed by atoms with Gasteiger partial charge < -0.3 is 0 Å². The van der Waals surface area contributed by atoms with Crippen molar-refractivity contribution < 1.29 is 13.2 Å². The summed E-state index contributed by atoms with van der Waals surface area (Å²) >= 11 is 0. The summed E-state index contributed by atoms with van der Waals surface area (Å²) in [5.74, 6) is 0. The molecule has 0 unspecified atom stereocenters. The molecule has 0 fully saturated rings. The van der Waals surface area contributed by atoms with Crippen LogP contribution in [-0.4, -0.2) is 14.4 Å². The van der Waals surface area contributed by atoms with Crippen LogP contribution in [0.15, 0.2) is 18.5 Å². The fourth-order valence-corrected chi connectivity index (χ4v) is 2.53. The van der Waals surface area contributed by atoms with Gasteiger partial charge in [0.05, 0.1) is 33.5 Å². The van der Waals surface area contributed by atoms with Crippen molar-refractivity contribution >= 4 is 16.6 Å². The Kier molecular flexibility index (Phi) is 2.54. The Morgan fingerprint density at radius 1 is 1.05 bits per heavy atom. The largest absolute Gasteiger partial charge is 0.416 e. The summed E-state index contributed by atoms with van der Waals surface area (Å²) in [6.45, 7) is 5.29. The van der Waals surface area contributed by atoms with E-state index in [2.05, 4.69) is 9.97 Å². The summed E-state index contributed by atoms with van der Waals surface area (Å²) in [5.41, 5.74) is 3.12. The predicted molar refractivity (Wildman–Crippen MR) is 69.7 cm³/mol. The second kappa shape index (κ2) is 3.94. The van der Waals surface area contributed by atoms with Crippen LogP contribution in [-0.2, 0) is 6.18 Å². The maximum atomic E-state index is 12.9. The van der Waals surface area contributed by atoms with Gasteiger partial charge in [-0.1, -0.05) is 0 Å². The van der Waals surface area contributed by atoms with Gasteiger partial charge in [0.2, 0.25) is 0 Å². The van der Waals surface area contributed by atoms with E-state index in [1.807, 2.05) is 13.8 Å². The number of rotatable bonds is 0. The van der Waals surface area contributed by atoms with E-state index in [1.54, 1.807) is 17.7 Å². The maximum absolute atomic E-state index is 12.9. The highest BCUT2D eigenvalue weighted by atomic mass is 19.4. The Morgan fingerprint density at radius 3 is 2.40 bits per heavy atom. The first-order valence-electron chi connectivity index (χ1n) is 6.11. The van der Waals surface area contributed by atoms with E-state index in [0.29, 0.717) is 16.6 Å². The van der Waals surface area contributed by atoms with E-state index < -0.39 is 11.7 Å². The standard InChI is InChI=1S/C14H12F3N3/c1-7-4-10(14(15,16)17)5-11-12(7)19-9(3)13-8(2)18-6-20(11)13/h4-6H,1-3H3. The molecule has 0 spiro atoms.